The van der Waals surface area contributed by atoms with Crippen molar-refractivity contribution in [2.45, 2.75) is 58.5 Å². The van der Waals surface area contributed by atoms with E-state index in [1.165, 1.54) is 6.42 Å². The van der Waals surface area contributed by atoms with Gasteiger partial charge in [0.15, 0.2) is 0 Å². The first-order valence-electron chi connectivity index (χ1n) is 8.90. The standard InChI is InChI=1S/C19H29N3O2/c1-13(14(2)20)18(23)21-12-15-7-6-10-17(11-15)22-19(24)16-8-4-3-5-9-16/h6-7,10-11,13-14,16H,3-5,8-9,12,20H2,1-2H3,(H,21,23)(H,22,24). The number of carbonyl (C=O) groups is 2. The third kappa shape index (κ3) is 5.34. The van der Waals surface area contributed by atoms with E-state index >= 15 is 0 Å². The minimum absolute atomic E-state index is 0.0540. The number of hydrogen-bond donors (Lipinski definition) is 3. The Morgan fingerprint density at radius 2 is 1.92 bits per heavy atom. The van der Waals surface area contributed by atoms with Crippen LogP contribution in [0.2, 0.25) is 0 Å². The van der Waals surface area contributed by atoms with Crippen LogP contribution in [-0.2, 0) is 16.1 Å². The summed E-state index contributed by atoms with van der Waals surface area (Å²) in [6.07, 6.45) is 5.48. The third-order valence-electron chi connectivity index (χ3n) is 4.84. The Balaban J connectivity index is 1.89. The lowest BCUT2D eigenvalue weighted by atomic mass is 9.88. The van der Waals surface area contributed by atoms with Crippen molar-refractivity contribution in [1.82, 2.24) is 5.32 Å². The van der Waals surface area contributed by atoms with Gasteiger partial charge < -0.3 is 16.4 Å². The zero-order chi connectivity index (χ0) is 17.5. The average Bonchev–Trinajstić information content (AvgIpc) is 2.60. The SMILES string of the molecule is CC(N)C(C)C(=O)NCc1cccc(NC(=O)C2CCCCC2)c1. The molecule has 0 spiro atoms. The summed E-state index contributed by atoms with van der Waals surface area (Å²) in [6, 6.07) is 7.46. The van der Waals surface area contributed by atoms with E-state index in [2.05, 4.69) is 10.6 Å². The molecule has 2 atom stereocenters. The van der Waals surface area contributed by atoms with Crippen molar-refractivity contribution in [2.75, 3.05) is 5.32 Å². The molecule has 0 bridgehead atoms. The van der Waals surface area contributed by atoms with Crippen molar-refractivity contribution in [2.24, 2.45) is 17.6 Å². The molecule has 1 aromatic rings. The summed E-state index contributed by atoms with van der Waals surface area (Å²) < 4.78 is 0. The molecular formula is C19H29N3O2. The number of rotatable bonds is 6. The molecule has 0 saturated heterocycles. The van der Waals surface area contributed by atoms with Crippen molar-refractivity contribution < 1.29 is 9.59 Å². The van der Waals surface area contributed by atoms with Gasteiger partial charge in [0.2, 0.25) is 11.8 Å². The number of carbonyl (C=O) groups excluding carboxylic acids is 2. The molecule has 2 amide bonds. The van der Waals surface area contributed by atoms with E-state index < -0.39 is 0 Å². The molecule has 2 unspecified atom stereocenters. The second-order valence-corrected chi connectivity index (χ2v) is 6.89. The van der Waals surface area contributed by atoms with Gasteiger partial charge in [-0.05, 0) is 37.5 Å². The van der Waals surface area contributed by atoms with Crippen LogP contribution in [0, 0.1) is 11.8 Å². The molecule has 1 aliphatic rings. The van der Waals surface area contributed by atoms with Gasteiger partial charge in [-0.25, -0.2) is 0 Å². The normalized spacial score (nSPS) is 17.8. The van der Waals surface area contributed by atoms with E-state index in [4.69, 9.17) is 5.73 Å². The monoisotopic (exact) mass is 331 g/mol. The summed E-state index contributed by atoms with van der Waals surface area (Å²) in [7, 11) is 0. The van der Waals surface area contributed by atoms with Crippen LogP contribution in [0.5, 0.6) is 0 Å². The highest BCUT2D eigenvalue weighted by atomic mass is 16.2. The van der Waals surface area contributed by atoms with Gasteiger partial charge in [-0.3, -0.25) is 9.59 Å². The predicted octanol–water partition coefficient (Wildman–Crippen LogP) is 2.80. The first kappa shape index (κ1) is 18.5. The summed E-state index contributed by atoms with van der Waals surface area (Å²) in [5, 5.41) is 5.90. The minimum atomic E-state index is -0.223. The van der Waals surface area contributed by atoms with Crippen LogP contribution < -0.4 is 16.4 Å². The smallest absolute Gasteiger partial charge is 0.227 e. The Bertz CT molecular complexity index is 565. The van der Waals surface area contributed by atoms with Gasteiger partial charge in [-0.2, -0.15) is 0 Å². The maximum Gasteiger partial charge on any atom is 0.227 e. The zero-order valence-electron chi connectivity index (χ0n) is 14.7. The summed E-state index contributed by atoms with van der Waals surface area (Å²) in [5.41, 5.74) is 7.50. The van der Waals surface area contributed by atoms with Gasteiger partial charge in [0.1, 0.15) is 0 Å². The minimum Gasteiger partial charge on any atom is -0.352 e. The first-order chi connectivity index (χ1) is 11.5. The van der Waals surface area contributed by atoms with Gasteiger partial charge in [0.05, 0.1) is 0 Å². The lowest BCUT2D eigenvalue weighted by molar-refractivity contribution is -0.125. The second kappa shape index (κ2) is 8.83. The largest absolute Gasteiger partial charge is 0.352 e. The molecule has 2 rings (SSSR count). The number of benzene rings is 1. The number of nitrogens with two attached hydrogens (primary N) is 1. The molecule has 1 saturated carbocycles. The maximum absolute atomic E-state index is 12.3. The highest BCUT2D eigenvalue weighted by Gasteiger charge is 2.21. The highest BCUT2D eigenvalue weighted by Crippen LogP contribution is 2.25. The Kier molecular flexibility index (Phi) is 6.79. The molecule has 5 heteroatoms. The maximum atomic E-state index is 12.3. The van der Waals surface area contributed by atoms with E-state index in [0.717, 1.165) is 36.9 Å². The van der Waals surface area contributed by atoms with Crippen molar-refractivity contribution in [1.29, 1.82) is 0 Å². The molecular weight excluding hydrogens is 302 g/mol. The highest BCUT2D eigenvalue weighted by molar-refractivity contribution is 5.92. The number of amides is 2. The quantitative estimate of drug-likeness (QED) is 0.749. The van der Waals surface area contributed by atoms with Gasteiger partial charge in [-0.15, -0.1) is 0 Å². The van der Waals surface area contributed by atoms with E-state index in [-0.39, 0.29) is 29.7 Å². The second-order valence-electron chi connectivity index (χ2n) is 6.89. The van der Waals surface area contributed by atoms with Gasteiger partial charge in [-0.1, -0.05) is 38.3 Å². The molecule has 4 N–H and O–H groups in total. The van der Waals surface area contributed by atoms with Crippen LogP contribution in [0.1, 0.15) is 51.5 Å². The van der Waals surface area contributed by atoms with Gasteiger partial charge in [0, 0.05) is 30.1 Å². The van der Waals surface area contributed by atoms with E-state index in [1.54, 1.807) is 0 Å². The molecule has 1 fully saturated rings. The van der Waals surface area contributed by atoms with Crippen LogP contribution in [0.15, 0.2) is 24.3 Å². The lowest BCUT2D eigenvalue weighted by Gasteiger charge is -2.21. The van der Waals surface area contributed by atoms with Gasteiger partial charge >= 0.3 is 0 Å². The fourth-order valence-corrected chi connectivity index (χ4v) is 2.96. The third-order valence-corrected chi connectivity index (χ3v) is 4.84. The molecule has 1 aromatic carbocycles. The molecule has 0 radical (unpaired) electrons. The molecule has 132 valence electrons. The van der Waals surface area contributed by atoms with Gasteiger partial charge in [0.25, 0.3) is 0 Å². The lowest BCUT2D eigenvalue weighted by Crippen LogP contribution is -2.38. The number of hydrogen-bond acceptors (Lipinski definition) is 3. The molecule has 0 heterocycles. The van der Waals surface area contributed by atoms with Crippen molar-refractivity contribution in [3.05, 3.63) is 29.8 Å². The first-order valence-corrected chi connectivity index (χ1v) is 8.90. The number of nitrogens with one attached hydrogen (secondary N) is 2. The summed E-state index contributed by atoms with van der Waals surface area (Å²) in [4.78, 5) is 24.3. The Labute approximate surface area is 144 Å². The topological polar surface area (TPSA) is 84.2 Å². The predicted molar refractivity (Wildman–Crippen MR) is 96.3 cm³/mol. The van der Waals surface area contributed by atoms with E-state index in [0.29, 0.717) is 6.54 Å². The van der Waals surface area contributed by atoms with Crippen molar-refractivity contribution in [3.8, 4) is 0 Å². The Morgan fingerprint density at radius 3 is 2.58 bits per heavy atom. The van der Waals surface area contributed by atoms with E-state index in [1.807, 2.05) is 38.1 Å². The van der Waals surface area contributed by atoms with Crippen molar-refractivity contribution in [3.63, 3.8) is 0 Å². The van der Waals surface area contributed by atoms with Crippen LogP contribution in [-0.4, -0.2) is 17.9 Å². The fraction of sp³-hybridized carbons (Fsp3) is 0.579. The molecule has 24 heavy (non-hydrogen) atoms. The summed E-state index contributed by atoms with van der Waals surface area (Å²) >= 11 is 0. The fourth-order valence-electron chi connectivity index (χ4n) is 2.96. The zero-order valence-corrected chi connectivity index (χ0v) is 14.7. The number of anilines is 1. The Hall–Kier alpha value is -1.88. The average molecular weight is 331 g/mol. The van der Waals surface area contributed by atoms with Crippen LogP contribution in [0.25, 0.3) is 0 Å². The van der Waals surface area contributed by atoms with Crippen LogP contribution in [0.4, 0.5) is 5.69 Å². The molecule has 0 aliphatic heterocycles. The summed E-state index contributed by atoms with van der Waals surface area (Å²) in [6.45, 7) is 4.08. The van der Waals surface area contributed by atoms with Crippen LogP contribution in [0.3, 0.4) is 0 Å². The summed E-state index contributed by atoms with van der Waals surface area (Å²) in [5.74, 6) is -0.0312. The van der Waals surface area contributed by atoms with Crippen LogP contribution >= 0.6 is 0 Å². The molecule has 1 aliphatic carbocycles. The molecule has 0 aromatic heterocycles. The molecule has 5 nitrogen and oxygen atoms in total. The van der Waals surface area contributed by atoms with E-state index in [9.17, 15) is 9.59 Å². The van der Waals surface area contributed by atoms with Crippen molar-refractivity contribution >= 4 is 17.5 Å². The Morgan fingerprint density at radius 1 is 1.21 bits per heavy atom.